The minimum atomic E-state index is -0.1000. The zero-order valence-electron chi connectivity index (χ0n) is 10.6. The zero-order valence-corrected chi connectivity index (χ0v) is 13.5. The predicted molar refractivity (Wildman–Crippen MR) is 63.0 cm³/mol. The molecule has 0 aromatic heterocycles. The molecule has 0 unspecified atom stereocenters. The Kier molecular flexibility index (Phi) is 14.6. The van der Waals surface area contributed by atoms with Gasteiger partial charge in [0.1, 0.15) is 11.6 Å². The van der Waals surface area contributed by atoms with Crippen LogP contribution >= 0.6 is 0 Å². The molecule has 0 saturated heterocycles. The maximum Gasteiger partial charge on any atom is 0.136 e. The van der Waals surface area contributed by atoms with Gasteiger partial charge in [0, 0.05) is 32.7 Å². The molecule has 0 aliphatic heterocycles. The maximum atomic E-state index is 11.0. The van der Waals surface area contributed by atoms with Gasteiger partial charge in [0.05, 0.1) is 0 Å². The summed E-state index contributed by atoms with van der Waals surface area (Å²) in [6.07, 6.45) is 0. The Morgan fingerprint density at radius 3 is 1.81 bits per heavy atom. The van der Waals surface area contributed by atoms with Gasteiger partial charge in [-0.3, -0.25) is 4.79 Å². The van der Waals surface area contributed by atoms with Gasteiger partial charge < -0.3 is 12.2 Å². The molecule has 0 fully saturated rings. The first-order valence-corrected chi connectivity index (χ1v) is 4.65. The summed E-state index contributed by atoms with van der Waals surface area (Å²) in [5.74, 6) is -0.189. The van der Waals surface area contributed by atoms with Crippen molar-refractivity contribution >= 4 is 11.6 Å². The van der Waals surface area contributed by atoms with E-state index < -0.39 is 0 Å². The number of rotatable bonds is 2. The summed E-state index contributed by atoms with van der Waals surface area (Å²) in [6, 6.07) is 7.54. The predicted octanol–water partition coefficient (Wildman–Crippen LogP) is 3.37. The smallest absolute Gasteiger partial charge is 0.136 e. The van der Waals surface area contributed by atoms with Crippen molar-refractivity contribution in [1.82, 2.24) is 0 Å². The van der Waals surface area contributed by atoms with Gasteiger partial charge in [0.15, 0.2) is 0 Å². The molecule has 0 spiro atoms. The first kappa shape index (κ1) is 21.0. The Morgan fingerprint density at radius 2 is 1.50 bits per heavy atom. The molecule has 16 heavy (non-hydrogen) atoms. The minimum absolute atomic E-state index is 0. The summed E-state index contributed by atoms with van der Waals surface area (Å²) in [5.41, 5.74) is 0.922. The summed E-state index contributed by atoms with van der Waals surface area (Å²) < 4.78 is 0. The number of hydrogen-bond acceptors (Lipinski definition) is 2. The van der Waals surface area contributed by atoms with Crippen molar-refractivity contribution < 1.29 is 42.3 Å². The van der Waals surface area contributed by atoms with Crippen LogP contribution in [0.15, 0.2) is 18.2 Å². The normalized spacial score (nSPS) is 7.50. The third kappa shape index (κ3) is 6.29. The van der Waals surface area contributed by atoms with Crippen molar-refractivity contribution in [2.45, 2.75) is 27.7 Å². The van der Waals surface area contributed by atoms with E-state index in [0.717, 1.165) is 0 Å². The fourth-order valence-electron chi connectivity index (χ4n) is 1.03. The Hall–Kier alpha value is -0.336. The van der Waals surface area contributed by atoms with Crippen LogP contribution in [0.4, 0.5) is 0 Å². The molecule has 0 N–H and O–H groups in total. The van der Waals surface area contributed by atoms with Crippen LogP contribution in [0, 0.1) is 13.5 Å². The van der Waals surface area contributed by atoms with E-state index in [9.17, 15) is 9.59 Å². The van der Waals surface area contributed by atoms with Crippen LogP contribution in [0.1, 0.15) is 48.4 Å². The molecule has 0 heterocycles. The van der Waals surface area contributed by atoms with Gasteiger partial charge in [0.25, 0.3) is 0 Å². The molecule has 0 aliphatic carbocycles. The van der Waals surface area contributed by atoms with Crippen molar-refractivity contribution in [2.24, 2.45) is 0 Å². The molecule has 0 saturated carbocycles. The van der Waals surface area contributed by atoms with E-state index in [2.05, 4.69) is 6.07 Å². The summed E-state index contributed by atoms with van der Waals surface area (Å²) >= 11 is 0. The largest absolute Gasteiger partial charge is 0.358 e. The van der Waals surface area contributed by atoms with Crippen molar-refractivity contribution in [3.8, 4) is 0 Å². The average molecular weight is 295 g/mol. The van der Waals surface area contributed by atoms with Crippen molar-refractivity contribution in [3.05, 3.63) is 42.8 Å². The molecule has 2 nitrogen and oxygen atoms in total. The Morgan fingerprint density at radius 1 is 1.06 bits per heavy atom. The Labute approximate surface area is 124 Å². The van der Waals surface area contributed by atoms with E-state index in [1.807, 2.05) is 13.8 Å². The van der Waals surface area contributed by atoms with Gasteiger partial charge in [-0.2, -0.15) is 24.3 Å². The van der Waals surface area contributed by atoms with E-state index in [1.54, 1.807) is 18.2 Å². The molecule has 1 aromatic carbocycles. The third-order valence-electron chi connectivity index (χ3n) is 1.62. The topological polar surface area (TPSA) is 34.1 Å². The first-order chi connectivity index (χ1) is 6.63. The molecular weight excluding hydrogens is 277 g/mol. The molecular formula is C13H18O2Y-2. The van der Waals surface area contributed by atoms with Crippen LogP contribution in [0.25, 0.3) is 0 Å². The Balaban J connectivity index is -0.000000399. The summed E-state index contributed by atoms with van der Waals surface area (Å²) in [4.78, 5) is 22.0. The van der Waals surface area contributed by atoms with Crippen LogP contribution in [0.3, 0.4) is 0 Å². The van der Waals surface area contributed by atoms with Crippen molar-refractivity contribution in [1.29, 1.82) is 0 Å². The van der Waals surface area contributed by atoms with E-state index >= 15 is 0 Å². The number of ketones is 2. The van der Waals surface area contributed by atoms with Crippen LogP contribution in [-0.2, 0) is 32.7 Å². The van der Waals surface area contributed by atoms with E-state index in [-0.39, 0.29) is 51.7 Å². The second kappa shape index (κ2) is 11.2. The molecule has 87 valence electrons. The maximum absolute atomic E-state index is 11.0. The van der Waals surface area contributed by atoms with Crippen LogP contribution < -0.4 is 0 Å². The van der Waals surface area contributed by atoms with Gasteiger partial charge in [-0.1, -0.05) is 25.0 Å². The molecule has 0 amide bonds. The minimum Gasteiger partial charge on any atom is -0.358 e. The third-order valence-corrected chi connectivity index (χ3v) is 1.62. The fraction of sp³-hybridized carbons (Fsp3) is 0.308. The molecule has 3 heteroatoms. The summed E-state index contributed by atoms with van der Waals surface area (Å²) in [6.45, 7) is 6.89. The van der Waals surface area contributed by atoms with Crippen LogP contribution in [0.2, 0.25) is 0 Å². The number of Topliss-reactive ketones (excluding diaryl/α,β-unsaturated/α-hetero) is 2. The fourth-order valence-corrected chi connectivity index (χ4v) is 1.03. The quantitative estimate of drug-likeness (QED) is 0.619. The van der Waals surface area contributed by atoms with E-state index in [1.165, 1.54) is 13.8 Å². The first-order valence-electron chi connectivity index (χ1n) is 4.65. The molecule has 0 bridgehead atoms. The standard InChI is InChI=1S/C10H9O2.C2H6.CH3.Y/c1-7(11)9-5-3-4-6-10(9)8(2)12;1-2;;/h3,5-6H,1-2H3;1-2H3;1H3;/q-1;;-1;. The summed E-state index contributed by atoms with van der Waals surface area (Å²) in [7, 11) is 0. The number of hydrogen-bond donors (Lipinski definition) is 0. The van der Waals surface area contributed by atoms with Crippen LogP contribution in [-0.4, -0.2) is 11.6 Å². The average Bonchev–Trinajstić information content (AvgIpc) is 2.20. The van der Waals surface area contributed by atoms with E-state index in [0.29, 0.717) is 11.1 Å². The van der Waals surface area contributed by atoms with Gasteiger partial charge in [-0.05, 0) is 13.8 Å². The van der Waals surface area contributed by atoms with Crippen molar-refractivity contribution in [3.63, 3.8) is 0 Å². The number of carbonyl (C=O) groups excluding carboxylic acids is 2. The molecule has 1 rings (SSSR count). The van der Waals surface area contributed by atoms with Crippen LogP contribution in [0.5, 0.6) is 0 Å². The molecule has 0 atom stereocenters. The molecule has 0 aliphatic rings. The van der Waals surface area contributed by atoms with Gasteiger partial charge in [-0.25, -0.2) is 0 Å². The molecule has 1 aromatic rings. The van der Waals surface area contributed by atoms with Gasteiger partial charge in [-0.15, -0.1) is 0 Å². The summed E-state index contributed by atoms with van der Waals surface area (Å²) in [5, 5.41) is 0. The Bertz CT molecular complexity index is 299. The molecule has 1 radical (unpaired) electrons. The second-order valence-electron chi connectivity index (χ2n) is 2.58. The SMILES string of the molecule is CC.CC(=O)c1c[c-]ccc1C(C)=O.[CH3-].[Y]. The number of carbonyl (C=O) groups is 2. The second-order valence-corrected chi connectivity index (χ2v) is 2.58. The van der Waals surface area contributed by atoms with Crippen molar-refractivity contribution in [2.75, 3.05) is 0 Å². The monoisotopic (exact) mass is 295 g/mol. The van der Waals surface area contributed by atoms with Gasteiger partial charge >= 0.3 is 0 Å². The van der Waals surface area contributed by atoms with E-state index in [4.69, 9.17) is 0 Å². The van der Waals surface area contributed by atoms with Gasteiger partial charge in [0.2, 0.25) is 0 Å². The zero-order chi connectivity index (χ0) is 11.1. The number of benzene rings is 1.